The third kappa shape index (κ3) is 3.90. The molecular formula is C20H24ClN5O2. The van der Waals surface area contributed by atoms with Crippen molar-refractivity contribution in [1.82, 2.24) is 20.1 Å². The lowest BCUT2D eigenvalue weighted by Gasteiger charge is -2.28. The number of rotatable bonds is 4. The molecule has 0 radical (unpaired) electrons. The van der Waals surface area contributed by atoms with Crippen molar-refractivity contribution < 1.29 is 9.59 Å². The molecule has 0 spiro atoms. The monoisotopic (exact) mass is 401 g/mol. The van der Waals surface area contributed by atoms with Crippen molar-refractivity contribution in [2.24, 2.45) is 5.92 Å². The van der Waals surface area contributed by atoms with Crippen LogP contribution in [0.3, 0.4) is 0 Å². The van der Waals surface area contributed by atoms with Crippen LogP contribution in [0.5, 0.6) is 0 Å². The van der Waals surface area contributed by atoms with Gasteiger partial charge >= 0.3 is 0 Å². The number of carbonyl (C=O) groups excluding carboxylic acids is 2. The zero-order valence-corrected chi connectivity index (χ0v) is 16.6. The molecule has 1 fully saturated rings. The molecule has 2 atom stereocenters. The van der Waals surface area contributed by atoms with E-state index in [0.29, 0.717) is 17.3 Å². The fraction of sp³-hybridized carbons (Fsp3) is 0.500. The Hall–Kier alpha value is -2.41. The van der Waals surface area contributed by atoms with Gasteiger partial charge < -0.3 is 10.6 Å². The number of hydrogen-bond donors (Lipinski definition) is 2. The first-order valence-corrected chi connectivity index (χ1v) is 10.2. The molecule has 148 valence electrons. The molecular weight excluding hydrogens is 378 g/mol. The number of fused-ring (bicyclic) bond motifs is 1. The lowest BCUT2D eigenvalue weighted by molar-refractivity contribution is -0.123. The van der Waals surface area contributed by atoms with E-state index < -0.39 is 0 Å². The van der Waals surface area contributed by atoms with E-state index in [2.05, 4.69) is 20.7 Å². The number of nitrogens with zero attached hydrogens (tertiary/aromatic N) is 3. The van der Waals surface area contributed by atoms with Gasteiger partial charge in [0.05, 0.1) is 11.2 Å². The fourth-order valence-electron chi connectivity index (χ4n) is 4.28. The largest absolute Gasteiger partial charge is 0.354 e. The summed E-state index contributed by atoms with van der Waals surface area (Å²) in [4.78, 5) is 28.3. The molecule has 4 rings (SSSR count). The predicted molar refractivity (Wildman–Crippen MR) is 107 cm³/mol. The van der Waals surface area contributed by atoms with Gasteiger partial charge in [0.1, 0.15) is 5.82 Å². The van der Waals surface area contributed by atoms with Crippen molar-refractivity contribution in [3.63, 3.8) is 0 Å². The van der Waals surface area contributed by atoms with Gasteiger partial charge in [0, 0.05) is 48.4 Å². The van der Waals surface area contributed by atoms with E-state index >= 15 is 0 Å². The standard InChI is InChI=1S/C20H24ClN5O2/c1-12(27)24-14-5-2-4-13(8-14)20(28)25-19-9-15(17(21)11-22-19)16-10-23-26-7-3-6-18(16)26/h9-11,13-14H,2-8H2,1H3,(H,24,27)(H,22,25,28)/t13-,14+/m0/s1. The third-order valence-electron chi connectivity index (χ3n) is 5.58. The van der Waals surface area contributed by atoms with E-state index in [9.17, 15) is 9.59 Å². The van der Waals surface area contributed by atoms with Gasteiger partial charge in [-0.1, -0.05) is 18.0 Å². The highest BCUT2D eigenvalue weighted by atomic mass is 35.5. The van der Waals surface area contributed by atoms with E-state index in [1.165, 1.54) is 12.6 Å². The maximum absolute atomic E-state index is 12.8. The highest BCUT2D eigenvalue weighted by Gasteiger charge is 2.28. The number of hydrogen-bond acceptors (Lipinski definition) is 4. The van der Waals surface area contributed by atoms with Gasteiger partial charge in [-0.25, -0.2) is 4.98 Å². The van der Waals surface area contributed by atoms with Crippen LogP contribution in [-0.2, 0) is 22.6 Å². The maximum Gasteiger partial charge on any atom is 0.228 e. The highest BCUT2D eigenvalue weighted by Crippen LogP contribution is 2.34. The molecule has 8 heteroatoms. The van der Waals surface area contributed by atoms with Gasteiger partial charge in [0.2, 0.25) is 11.8 Å². The van der Waals surface area contributed by atoms with Crippen LogP contribution in [0.15, 0.2) is 18.5 Å². The first-order valence-electron chi connectivity index (χ1n) is 9.80. The second-order valence-corrected chi connectivity index (χ2v) is 8.04. The Bertz CT molecular complexity index is 910. The van der Waals surface area contributed by atoms with Gasteiger partial charge in [-0.15, -0.1) is 0 Å². The molecule has 0 bridgehead atoms. The molecule has 0 aromatic carbocycles. The minimum atomic E-state index is -0.132. The molecule has 0 unspecified atom stereocenters. The maximum atomic E-state index is 12.8. The summed E-state index contributed by atoms with van der Waals surface area (Å²) in [6.45, 7) is 2.44. The third-order valence-corrected chi connectivity index (χ3v) is 5.88. The zero-order valence-electron chi connectivity index (χ0n) is 15.9. The quantitative estimate of drug-likeness (QED) is 0.823. The second kappa shape index (κ2) is 7.91. The molecule has 1 aliphatic carbocycles. The van der Waals surface area contributed by atoms with Gasteiger partial charge in [-0.2, -0.15) is 5.10 Å². The molecule has 2 N–H and O–H groups in total. The van der Waals surface area contributed by atoms with E-state index in [0.717, 1.165) is 49.8 Å². The Labute approximate surface area is 168 Å². The number of carbonyl (C=O) groups is 2. The summed E-state index contributed by atoms with van der Waals surface area (Å²) in [5.41, 5.74) is 3.02. The number of halogens is 1. The SMILES string of the molecule is CC(=O)N[C@@H]1CCC[C@H](C(=O)Nc2cc(-c3cnn4c3CCC4)c(Cl)cn2)C1. The average Bonchev–Trinajstić information content (AvgIpc) is 3.27. The van der Waals surface area contributed by atoms with Gasteiger partial charge in [-0.05, 0) is 38.2 Å². The molecule has 2 amide bonds. The number of anilines is 1. The first-order chi connectivity index (χ1) is 13.5. The van der Waals surface area contributed by atoms with Crippen molar-refractivity contribution in [3.8, 4) is 11.1 Å². The summed E-state index contributed by atoms with van der Waals surface area (Å²) in [6, 6.07) is 1.88. The molecule has 2 aliphatic rings. The minimum Gasteiger partial charge on any atom is -0.354 e. The number of aromatic nitrogens is 3. The molecule has 28 heavy (non-hydrogen) atoms. The topological polar surface area (TPSA) is 88.9 Å². The lowest BCUT2D eigenvalue weighted by Crippen LogP contribution is -2.40. The number of pyridine rings is 1. The van der Waals surface area contributed by atoms with Gasteiger partial charge in [-0.3, -0.25) is 14.3 Å². The Morgan fingerprint density at radius 2 is 2.07 bits per heavy atom. The predicted octanol–water partition coefficient (Wildman–Crippen LogP) is 3.18. The van der Waals surface area contributed by atoms with Crippen LogP contribution >= 0.6 is 11.6 Å². The summed E-state index contributed by atoms with van der Waals surface area (Å²) in [7, 11) is 0. The Morgan fingerprint density at radius 1 is 1.21 bits per heavy atom. The Morgan fingerprint density at radius 3 is 2.89 bits per heavy atom. The number of aryl methyl sites for hydroxylation is 1. The summed E-state index contributed by atoms with van der Waals surface area (Å²) in [6.07, 6.45) is 8.78. The van der Waals surface area contributed by atoms with Crippen LogP contribution in [0.25, 0.3) is 11.1 Å². The van der Waals surface area contributed by atoms with E-state index in [4.69, 9.17) is 11.6 Å². The van der Waals surface area contributed by atoms with E-state index in [1.807, 2.05) is 16.9 Å². The molecule has 7 nitrogen and oxygen atoms in total. The second-order valence-electron chi connectivity index (χ2n) is 7.63. The fourth-order valence-corrected chi connectivity index (χ4v) is 4.48. The molecule has 3 heterocycles. The summed E-state index contributed by atoms with van der Waals surface area (Å²) in [5.74, 6) is 0.246. The Kier molecular flexibility index (Phi) is 5.35. The molecule has 1 saturated carbocycles. The normalized spacial score (nSPS) is 21.2. The van der Waals surface area contributed by atoms with Crippen molar-refractivity contribution in [3.05, 3.63) is 29.2 Å². The summed E-state index contributed by atoms with van der Waals surface area (Å²) >= 11 is 6.39. The smallest absolute Gasteiger partial charge is 0.228 e. The number of nitrogens with one attached hydrogen (secondary N) is 2. The minimum absolute atomic E-state index is 0.0521. The van der Waals surface area contributed by atoms with Gasteiger partial charge in [0.15, 0.2) is 0 Å². The first kappa shape index (κ1) is 18.9. The number of amides is 2. The van der Waals surface area contributed by atoms with Crippen molar-refractivity contribution in [2.75, 3.05) is 5.32 Å². The van der Waals surface area contributed by atoms with Crippen molar-refractivity contribution >= 4 is 29.2 Å². The zero-order chi connectivity index (χ0) is 19.7. The van der Waals surface area contributed by atoms with Crippen LogP contribution in [-0.4, -0.2) is 32.6 Å². The van der Waals surface area contributed by atoms with E-state index in [-0.39, 0.29) is 23.8 Å². The summed E-state index contributed by atoms with van der Waals surface area (Å²) < 4.78 is 2.01. The van der Waals surface area contributed by atoms with Gasteiger partial charge in [0.25, 0.3) is 0 Å². The van der Waals surface area contributed by atoms with Crippen molar-refractivity contribution in [1.29, 1.82) is 0 Å². The molecule has 0 saturated heterocycles. The lowest BCUT2D eigenvalue weighted by atomic mass is 9.85. The highest BCUT2D eigenvalue weighted by molar-refractivity contribution is 6.33. The molecule has 1 aliphatic heterocycles. The van der Waals surface area contributed by atoms with Crippen LogP contribution in [0, 0.1) is 5.92 Å². The van der Waals surface area contributed by atoms with Crippen LogP contribution in [0.1, 0.15) is 44.7 Å². The van der Waals surface area contributed by atoms with Crippen LogP contribution in [0.4, 0.5) is 5.82 Å². The van der Waals surface area contributed by atoms with Crippen LogP contribution in [0.2, 0.25) is 5.02 Å². The van der Waals surface area contributed by atoms with Crippen molar-refractivity contribution in [2.45, 2.75) is 58.0 Å². The molecule has 2 aromatic rings. The average molecular weight is 402 g/mol. The Balaban J connectivity index is 1.49. The summed E-state index contributed by atoms with van der Waals surface area (Å²) in [5, 5.41) is 10.8. The van der Waals surface area contributed by atoms with E-state index in [1.54, 1.807) is 6.20 Å². The molecule has 2 aromatic heterocycles. The van der Waals surface area contributed by atoms with Crippen LogP contribution < -0.4 is 10.6 Å².